The van der Waals surface area contributed by atoms with E-state index in [1.54, 1.807) is 12.4 Å². The first kappa shape index (κ1) is 17.4. The Labute approximate surface area is 158 Å². The van der Waals surface area contributed by atoms with Crippen molar-refractivity contribution in [3.63, 3.8) is 0 Å². The normalized spacial score (nSPS) is 16.3. The van der Waals surface area contributed by atoms with E-state index in [2.05, 4.69) is 34.0 Å². The molecular weight excluding hydrogens is 340 g/mol. The molecule has 138 valence electrons. The van der Waals surface area contributed by atoms with E-state index in [9.17, 15) is 4.79 Å². The number of aromatic nitrogens is 2. The number of ether oxygens (including phenoxy) is 1. The third-order valence-electron chi connectivity index (χ3n) is 4.65. The fourth-order valence-corrected chi connectivity index (χ4v) is 3.37. The number of amides is 1. The number of hydrogen-bond donors (Lipinski definition) is 1. The van der Waals surface area contributed by atoms with Crippen LogP contribution >= 0.6 is 0 Å². The predicted octanol–water partition coefficient (Wildman–Crippen LogP) is 3.50. The van der Waals surface area contributed by atoms with Crippen LogP contribution in [-0.4, -0.2) is 41.2 Å². The molecule has 3 aromatic rings. The molecule has 0 bridgehead atoms. The minimum Gasteiger partial charge on any atom is -0.372 e. The first-order valence-electron chi connectivity index (χ1n) is 9.02. The number of para-hydroxylation sites is 1. The molecule has 1 aliphatic heterocycles. The third-order valence-corrected chi connectivity index (χ3v) is 4.65. The van der Waals surface area contributed by atoms with Crippen molar-refractivity contribution in [3.8, 4) is 0 Å². The molecule has 1 aromatic carbocycles. The van der Waals surface area contributed by atoms with E-state index < -0.39 is 0 Å². The van der Waals surface area contributed by atoms with Gasteiger partial charge in [0.2, 0.25) is 0 Å². The lowest BCUT2D eigenvalue weighted by molar-refractivity contribution is -0.0276. The summed E-state index contributed by atoms with van der Waals surface area (Å²) in [5.41, 5.74) is 2.59. The molecule has 1 N–H and O–H groups in total. The second-order valence-corrected chi connectivity index (χ2v) is 7.26. The lowest BCUT2D eigenvalue weighted by Gasteiger charge is -2.39. The Balaban J connectivity index is 1.57. The van der Waals surface area contributed by atoms with Crippen molar-refractivity contribution in [2.24, 2.45) is 0 Å². The monoisotopic (exact) mass is 362 g/mol. The molecule has 0 saturated carbocycles. The van der Waals surface area contributed by atoms with E-state index in [0.29, 0.717) is 18.0 Å². The second kappa shape index (κ2) is 6.96. The van der Waals surface area contributed by atoms with Crippen LogP contribution in [0, 0.1) is 0 Å². The number of nitrogens with zero attached hydrogens (tertiary/aromatic N) is 3. The minimum absolute atomic E-state index is 0.210. The van der Waals surface area contributed by atoms with Crippen molar-refractivity contribution in [2.45, 2.75) is 19.4 Å². The van der Waals surface area contributed by atoms with Gasteiger partial charge < -0.3 is 15.0 Å². The van der Waals surface area contributed by atoms with Gasteiger partial charge in [-0.25, -0.2) is 0 Å². The summed E-state index contributed by atoms with van der Waals surface area (Å²) >= 11 is 0. The molecule has 1 saturated heterocycles. The Kier molecular flexibility index (Phi) is 4.49. The Hall–Kier alpha value is -2.99. The maximum absolute atomic E-state index is 12.8. The van der Waals surface area contributed by atoms with Gasteiger partial charge in [-0.2, -0.15) is 0 Å². The molecule has 0 spiro atoms. The average molecular weight is 362 g/mol. The quantitative estimate of drug-likeness (QED) is 0.772. The third kappa shape index (κ3) is 3.75. The minimum atomic E-state index is -0.248. The molecule has 1 amide bonds. The first-order chi connectivity index (χ1) is 13.0. The lowest BCUT2D eigenvalue weighted by atomic mass is 10.1. The van der Waals surface area contributed by atoms with Gasteiger partial charge in [0.25, 0.3) is 5.91 Å². The van der Waals surface area contributed by atoms with Crippen LogP contribution in [0.4, 0.5) is 11.4 Å². The van der Waals surface area contributed by atoms with Gasteiger partial charge in [-0.3, -0.25) is 14.8 Å². The average Bonchev–Trinajstić information content (AvgIpc) is 2.67. The second-order valence-electron chi connectivity index (χ2n) is 7.26. The van der Waals surface area contributed by atoms with E-state index in [-0.39, 0.29) is 11.5 Å². The van der Waals surface area contributed by atoms with E-state index in [1.165, 1.54) is 0 Å². The van der Waals surface area contributed by atoms with E-state index >= 15 is 0 Å². The molecule has 0 unspecified atom stereocenters. The van der Waals surface area contributed by atoms with Crippen molar-refractivity contribution in [3.05, 3.63) is 60.6 Å². The Morgan fingerprint density at radius 2 is 2.00 bits per heavy atom. The number of hydrogen-bond acceptors (Lipinski definition) is 5. The summed E-state index contributed by atoms with van der Waals surface area (Å²) in [7, 11) is 0. The zero-order chi connectivity index (χ0) is 18.9. The number of morpholine rings is 1. The van der Waals surface area contributed by atoms with Crippen LogP contribution < -0.4 is 10.2 Å². The molecule has 6 heteroatoms. The molecule has 27 heavy (non-hydrogen) atoms. The van der Waals surface area contributed by atoms with E-state index in [4.69, 9.17) is 4.74 Å². The molecule has 0 atom stereocenters. The van der Waals surface area contributed by atoms with Gasteiger partial charge in [-0.1, -0.05) is 18.2 Å². The van der Waals surface area contributed by atoms with Crippen molar-refractivity contribution in [2.75, 3.05) is 29.9 Å². The SMILES string of the molecule is CC1(C)CN(c2ccnc(C(=O)Nc3cccc4cccnc34)c2)CCO1. The topological polar surface area (TPSA) is 67.4 Å². The molecule has 3 heterocycles. The van der Waals surface area contributed by atoms with Crippen LogP contribution in [0.25, 0.3) is 10.9 Å². The number of nitrogens with one attached hydrogen (secondary N) is 1. The highest BCUT2D eigenvalue weighted by Gasteiger charge is 2.27. The summed E-state index contributed by atoms with van der Waals surface area (Å²) in [6.07, 6.45) is 3.39. The van der Waals surface area contributed by atoms with Crippen LogP contribution in [0.3, 0.4) is 0 Å². The van der Waals surface area contributed by atoms with Crippen LogP contribution in [-0.2, 0) is 4.74 Å². The highest BCUT2D eigenvalue weighted by molar-refractivity contribution is 6.07. The maximum Gasteiger partial charge on any atom is 0.274 e. The van der Waals surface area contributed by atoms with E-state index in [1.807, 2.05) is 42.5 Å². The Morgan fingerprint density at radius 3 is 2.85 bits per heavy atom. The molecular formula is C21H22N4O2. The number of carbonyl (C=O) groups is 1. The van der Waals surface area contributed by atoms with Gasteiger partial charge in [0.15, 0.2) is 0 Å². The van der Waals surface area contributed by atoms with Gasteiger partial charge in [0.05, 0.1) is 23.4 Å². The van der Waals surface area contributed by atoms with Crippen LogP contribution in [0.5, 0.6) is 0 Å². The number of benzene rings is 1. The van der Waals surface area contributed by atoms with Crippen molar-refractivity contribution < 1.29 is 9.53 Å². The van der Waals surface area contributed by atoms with Gasteiger partial charge >= 0.3 is 0 Å². The van der Waals surface area contributed by atoms with Crippen molar-refractivity contribution >= 4 is 28.2 Å². The van der Waals surface area contributed by atoms with Crippen LogP contribution in [0.1, 0.15) is 24.3 Å². The fourth-order valence-electron chi connectivity index (χ4n) is 3.37. The highest BCUT2D eigenvalue weighted by atomic mass is 16.5. The van der Waals surface area contributed by atoms with Gasteiger partial charge in [-0.05, 0) is 38.1 Å². The molecule has 0 aliphatic carbocycles. The lowest BCUT2D eigenvalue weighted by Crippen LogP contribution is -2.48. The Morgan fingerprint density at radius 1 is 1.15 bits per heavy atom. The summed E-state index contributed by atoms with van der Waals surface area (Å²) in [4.78, 5) is 23.6. The highest BCUT2D eigenvalue weighted by Crippen LogP contribution is 2.24. The zero-order valence-corrected chi connectivity index (χ0v) is 15.5. The van der Waals surface area contributed by atoms with Crippen LogP contribution in [0.2, 0.25) is 0 Å². The summed E-state index contributed by atoms with van der Waals surface area (Å²) < 4.78 is 5.77. The smallest absolute Gasteiger partial charge is 0.274 e. The van der Waals surface area contributed by atoms with Crippen molar-refractivity contribution in [1.82, 2.24) is 9.97 Å². The molecule has 2 aromatic heterocycles. The fraction of sp³-hybridized carbons (Fsp3) is 0.286. The first-order valence-corrected chi connectivity index (χ1v) is 9.02. The van der Waals surface area contributed by atoms with Gasteiger partial charge in [0, 0.05) is 36.6 Å². The summed E-state index contributed by atoms with van der Waals surface area (Å²) in [5.74, 6) is -0.248. The molecule has 1 aliphatic rings. The maximum atomic E-state index is 12.8. The Bertz CT molecular complexity index is 981. The molecule has 6 nitrogen and oxygen atoms in total. The van der Waals surface area contributed by atoms with E-state index in [0.717, 1.165) is 29.7 Å². The zero-order valence-electron chi connectivity index (χ0n) is 15.5. The summed E-state index contributed by atoms with van der Waals surface area (Å²) in [5, 5.41) is 3.92. The standard InChI is InChI=1S/C21H22N4O2/c1-21(2)14-25(11-12-27-21)16-8-10-22-18(13-16)20(26)24-17-7-3-5-15-6-4-9-23-19(15)17/h3-10,13H,11-12,14H2,1-2H3,(H,24,26). The molecule has 4 rings (SSSR count). The number of carbonyl (C=O) groups excluding carboxylic acids is 1. The van der Waals surface area contributed by atoms with Gasteiger partial charge in [0.1, 0.15) is 5.69 Å². The molecule has 1 fully saturated rings. The predicted molar refractivity (Wildman–Crippen MR) is 106 cm³/mol. The summed E-state index contributed by atoms with van der Waals surface area (Å²) in [6, 6.07) is 13.3. The number of pyridine rings is 2. The number of rotatable bonds is 3. The number of fused-ring (bicyclic) bond motifs is 1. The molecule has 0 radical (unpaired) electrons. The van der Waals surface area contributed by atoms with Gasteiger partial charge in [-0.15, -0.1) is 0 Å². The summed E-state index contributed by atoms with van der Waals surface area (Å²) in [6.45, 7) is 6.37. The van der Waals surface area contributed by atoms with Crippen LogP contribution in [0.15, 0.2) is 54.9 Å². The largest absolute Gasteiger partial charge is 0.372 e. The number of anilines is 2. The van der Waals surface area contributed by atoms with Crippen molar-refractivity contribution in [1.29, 1.82) is 0 Å².